The number of likely N-dealkylation sites (N-methyl/N-ethyl adjacent to an activating group) is 1. The van der Waals surface area contributed by atoms with Crippen molar-refractivity contribution in [3.8, 4) is 0 Å². The number of piperidine rings is 1. The van der Waals surface area contributed by atoms with Crippen LogP contribution in [0.2, 0.25) is 0 Å². The fourth-order valence-corrected chi connectivity index (χ4v) is 2.64. The Bertz CT molecular complexity index is 311. The van der Waals surface area contributed by atoms with Gasteiger partial charge in [-0.3, -0.25) is 9.69 Å². The zero-order chi connectivity index (χ0) is 15.1. The van der Waals surface area contributed by atoms with Gasteiger partial charge in [-0.1, -0.05) is 0 Å². The number of nitrogens with zero attached hydrogens (tertiary/aromatic N) is 2. The zero-order valence-electron chi connectivity index (χ0n) is 13.6. The van der Waals surface area contributed by atoms with E-state index in [9.17, 15) is 4.79 Å². The summed E-state index contributed by atoms with van der Waals surface area (Å²) in [5.41, 5.74) is 0. The van der Waals surface area contributed by atoms with E-state index in [-0.39, 0.29) is 5.91 Å². The van der Waals surface area contributed by atoms with Gasteiger partial charge in [0.25, 0.3) is 0 Å². The van der Waals surface area contributed by atoms with Crippen molar-refractivity contribution in [2.45, 2.75) is 38.1 Å². The van der Waals surface area contributed by atoms with E-state index in [1.165, 1.54) is 12.8 Å². The summed E-state index contributed by atoms with van der Waals surface area (Å²) >= 11 is 0. The van der Waals surface area contributed by atoms with Crippen molar-refractivity contribution >= 4 is 5.91 Å². The van der Waals surface area contributed by atoms with Gasteiger partial charge in [0.15, 0.2) is 0 Å². The van der Waals surface area contributed by atoms with E-state index in [1.54, 1.807) is 4.90 Å². The summed E-state index contributed by atoms with van der Waals surface area (Å²) in [7, 11) is 3.64. The molecule has 1 heterocycles. The van der Waals surface area contributed by atoms with Crippen molar-refractivity contribution in [3.05, 3.63) is 0 Å². The SMILES string of the molecule is CN(C)C(=O)CN1CCC(NCCCOCC2CC2)CC1. The molecule has 1 aliphatic heterocycles. The fourth-order valence-electron chi connectivity index (χ4n) is 2.64. The normalized spacial score (nSPS) is 20.7. The molecule has 21 heavy (non-hydrogen) atoms. The van der Waals surface area contributed by atoms with Crippen molar-refractivity contribution in [1.82, 2.24) is 15.1 Å². The van der Waals surface area contributed by atoms with Crippen molar-refractivity contribution < 1.29 is 9.53 Å². The van der Waals surface area contributed by atoms with Crippen LogP contribution in [0.15, 0.2) is 0 Å². The van der Waals surface area contributed by atoms with Gasteiger partial charge < -0.3 is 15.0 Å². The molecule has 2 aliphatic rings. The Morgan fingerprint density at radius 3 is 2.57 bits per heavy atom. The van der Waals surface area contributed by atoms with E-state index >= 15 is 0 Å². The number of rotatable bonds is 9. The van der Waals surface area contributed by atoms with Crippen molar-refractivity contribution in [2.75, 3.05) is 53.5 Å². The van der Waals surface area contributed by atoms with Gasteiger partial charge in [0, 0.05) is 46.4 Å². The molecule has 2 rings (SSSR count). The molecule has 0 aromatic heterocycles. The summed E-state index contributed by atoms with van der Waals surface area (Å²) in [4.78, 5) is 15.6. The number of carbonyl (C=O) groups is 1. The Morgan fingerprint density at radius 1 is 1.24 bits per heavy atom. The number of likely N-dealkylation sites (tertiary alicyclic amines) is 1. The van der Waals surface area contributed by atoms with Crippen molar-refractivity contribution in [3.63, 3.8) is 0 Å². The highest BCUT2D eigenvalue weighted by atomic mass is 16.5. The molecule has 0 aromatic rings. The highest BCUT2D eigenvalue weighted by Gasteiger charge is 2.22. The number of hydrogen-bond donors (Lipinski definition) is 1. The smallest absolute Gasteiger partial charge is 0.236 e. The highest BCUT2D eigenvalue weighted by Crippen LogP contribution is 2.28. The molecule has 1 aliphatic carbocycles. The number of nitrogens with one attached hydrogen (secondary N) is 1. The van der Waals surface area contributed by atoms with Crippen LogP contribution in [0.5, 0.6) is 0 Å². The van der Waals surface area contributed by atoms with Crippen molar-refractivity contribution in [1.29, 1.82) is 0 Å². The molecule has 0 radical (unpaired) electrons. The molecule has 122 valence electrons. The maximum atomic E-state index is 11.7. The zero-order valence-corrected chi connectivity index (χ0v) is 13.6. The van der Waals surface area contributed by atoms with E-state index in [2.05, 4.69) is 10.2 Å². The second kappa shape index (κ2) is 8.71. The van der Waals surface area contributed by atoms with Gasteiger partial charge in [-0.15, -0.1) is 0 Å². The monoisotopic (exact) mass is 297 g/mol. The van der Waals surface area contributed by atoms with E-state index in [4.69, 9.17) is 4.74 Å². The largest absolute Gasteiger partial charge is 0.381 e. The lowest BCUT2D eigenvalue weighted by atomic mass is 10.0. The quantitative estimate of drug-likeness (QED) is 0.644. The molecule has 0 bridgehead atoms. The van der Waals surface area contributed by atoms with Gasteiger partial charge in [0.05, 0.1) is 6.54 Å². The molecule has 0 atom stereocenters. The minimum atomic E-state index is 0.203. The summed E-state index contributed by atoms with van der Waals surface area (Å²) in [6, 6.07) is 0.610. The predicted molar refractivity (Wildman–Crippen MR) is 84.3 cm³/mol. The summed E-state index contributed by atoms with van der Waals surface area (Å²) in [6.07, 6.45) is 6.12. The minimum Gasteiger partial charge on any atom is -0.381 e. The molecule has 1 amide bonds. The summed E-state index contributed by atoms with van der Waals surface area (Å²) < 4.78 is 5.64. The predicted octanol–water partition coefficient (Wildman–Crippen LogP) is 0.945. The number of carbonyl (C=O) groups excluding carboxylic acids is 1. The lowest BCUT2D eigenvalue weighted by molar-refractivity contribution is -0.130. The standard InChI is InChI=1S/C16H31N3O2/c1-18(2)16(20)12-19-9-6-15(7-10-19)17-8-3-11-21-13-14-4-5-14/h14-15,17H,3-13H2,1-2H3. The first kappa shape index (κ1) is 16.7. The Morgan fingerprint density at radius 2 is 1.95 bits per heavy atom. The third kappa shape index (κ3) is 6.76. The summed E-state index contributed by atoms with van der Waals surface area (Å²) in [5, 5.41) is 3.62. The molecular formula is C16H31N3O2. The molecule has 2 fully saturated rings. The van der Waals surface area contributed by atoms with E-state index in [0.29, 0.717) is 12.6 Å². The fraction of sp³-hybridized carbons (Fsp3) is 0.938. The third-order valence-electron chi connectivity index (χ3n) is 4.39. The van der Waals surface area contributed by atoms with Crippen LogP contribution in [-0.2, 0) is 9.53 Å². The average Bonchev–Trinajstić information content (AvgIpc) is 3.28. The lowest BCUT2D eigenvalue weighted by Crippen LogP contribution is -2.46. The van der Waals surface area contributed by atoms with E-state index < -0.39 is 0 Å². The summed E-state index contributed by atoms with van der Waals surface area (Å²) in [6.45, 7) is 5.52. The Hall–Kier alpha value is -0.650. The van der Waals surface area contributed by atoms with Gasteiger partial charge >= 0.3 is 0 Å². The molecule has 5 nitrogen and oxygen atoms in total. The second-order valence-corrected chi connectivity index (χ2v) is 6.66. The highest BCUT2D eigenvalue weighted by molar-refractivity contribution is 5.77. The van der Waals surface area contributed by atoms with E-state index in [0.717, 1.165) is 58.0 Å². The van der Waals surface area contributed by atoms with Gasteiger partial charge in [-0.05, 0) is 44.6 Å². The van der Waals surface area contributed by atoms with Gasteiger partial charge in [-0.2, -0.15) is 0 Å². The number of amides is 1. The second-order valence-electron chi connectivity index (χ2n) is 6.66. The molecule has 5 heteroatoms. The van der Waals surface area contributed by atoms with Gasteiger partial charge in [0.1, 0.15) is 0 Å². The van der Waals surface area contributed by atoms with Crippen LogP contribution in [0.4, 0.5) is 0 Å². The number of ether oxygens (including phenoxy) is 1. The van der Waals surface area contributed by atoms with E-state index in [1.807, 2.05) is 14.1 Å². The van der Waals surface area contributed by atoms with Crippen LogP contribution >= 0.6 is 0 Å². The molecule has 1 saturated carbocycles. The third-order valence-corrected chi connectivity index (χ3v) is 4.39. The topological polar surface area (TPSA) is 44.8 Å². The van der Waals surface area contributed by atoms with Crippen LogP contribution in [0.1, 0.15) is 32.1 Å². The molecule has 1 saturated heterocycles. The van der Waals surface area contributed by atoms with Crippen LogP contribution in [-0.4, -0.2) is 75.2 Å². The van der Waals surface area contributed by atoms with Crippen LogP contribution in [0, 0.1) is 5.92 Å². The Labute approximate surface area is 129 Å². The first-order valence-electron chi connectivity index (χ1n) is 8.39. The minimum absolute atomic E-state index is 0.203. The molecular weight excluding hydrogens is 266 g/mol. The van der Waals surface area contributed by atoms with Crippen LogP contribution in [0.25, 0.3) is 0 Å². The summed E-state index contributed by atoms with van der Waals surface area (Å²) in [5.74, 6) is 1.07. The molecule has 0 unspecified atom stereocenters. The molecule has 1 N–H and O–H groups in total. The maximum Gasteiger partial charge on any atom is 0.236 e. The van der Waals surface area contributed by atoms with Gasteiger partial charge in [0.2, 0.25) is 5.91 Å². The van der Waals surface area contributed by atoms with Crippen LogP contribution in [0.3, 0.4) is 0 Å². The number of hydrogen-bond acceptors (Lipinski definition) is 4. The van der Waals surface area contributed by atoms with Crippen LogP contribution < -0.4 is 5.32 Å². The van der Waals surface area contributed by atoms with Crippen molar-refractivity contribution in [2.24, 2.45) is 5.92 Å². The Kier molecular flexibility index (Phi) is 6.93. The maximum absolute atomic E-state index is 11.7. The molecule has 0 spiro atoms. The Balaban J connectivity index is 1.45. The van der Waals surface area contributed by atoms with Gasteiger partial charge in [-0.25, -0.2) is 0 Å². The first-order valence-corrected chi connectivity index (χ1v) is 8.39. The average molecular weight is 297 g/mol. The first-order chi connectivity index (χ1) is 10.1. The molecule has 0 aromatic carbocycles. The lowest BCUT2D eigenvalue weighted by Gasteiger charge is -2.32.